The van der Waals surface area contributed by atoms with Gasteiger partial charge in [0.05, 0.1) is 17.5 Å². The van der Waals surface area contributed by atoms with Gasteiger partial charge in [0.2, 0.25) is 5.60 Å². The molecule has 4 heterocycles. The second-order valence-corrected chi connectivity index (χ2v) is 15.1. The number of nitrogens with two attached hydrogens (primary N) is 1. The summed E-state index contributed by atoms with van der Waals surface area (Å²) in [5, 5.41) is 17.7. The summed E-state index contributed by atoms with van der Waals surface area (Å²) < 4.78 is 51.5. The monoisotopic (exact) mass is 741 g/mol. The maximum absolute atomic E-state index is 14.5. The third kappa shape index (κ3) is 8.54. The molecule has 280 valence electrons. The molecule has 52 heavy (non-hydrogen) atoms. The largest absolute Gasteiger partial charge is 0.460 e. The van der Waals surface area contributed by atoms with E-state index in [2.05, 4.69) is 15.2 Å². The van der Waals surface area contributed by atoms with E-state index in [0.717, 1.165) is 6.54 Å². The van der Waals surface area contributed by atoms with E-state index < -0.39 is 74.1 Å². The standard InChI is InChI=1S/C34H44N7O10P/c1-20(2)31(42)48-28-27(25-12-13-26-30(36)37-19-38-41(25)26)50-34(17-35,29(28)49-32(43)21(3)4)18-46-52(45,51-23-10-8-7-9-11-23)39-22(5)33(44)47-24-14-15-40(6)16-24/h7-13,19-22,24,27-29H,14-16,18H2,1-6H3,(H,39,45)(H2,36,37,38)/t22-,24+,27-,28-,29-,34+,52+/m0/s1. The number of anilines is 1. The number of nitrogens with zero attached hydrogens (tertiary/aromatic N) is 5. The normalized spacial score (nSPS) is 25.1. The number of nitrogen functional groups attached to an aromatic ring is 1. The molecule has 3 aromatic rings. The van der Waals surface area contributed by atoms with Gasteiger partial charge in [0.15, 0.2) is 18.0 Å². The highest BCUT2D eigenvalue weighted by Gasteiger charge is 2.62. The van der Waals surface area contributed by atoms with Crippen molar-refractivity contribution in [3.05, 3.63) is 54.5 Å². The molecule has 0 bridgehead atoms. The van der Waals surface area contributed by atoms with E-state index in [4.69, 9.17) is 33.7 Å². The zero-order valence-electron chi connectivity index (χ0n) is 29.8. The number of carbonyl (C=O) groups is 3. The van der Waals surface area contributed by atoms with Gasteiger partial charge in [-0.05, 0) is 44.7 Å². The predicted molar refractivity (Wildman–Crippen MR) is 184 cm³/mol. The maximum Gasteiger partial charge on any atom is 0.459 e. The minimum Gasteiger partial charge on any atom is -0.460 e. The SMILES string of the molecule is CC(C)C(=O)O[C@H]1[C@H](c2ccc3c(N)ncnn23)O[C@](C#N)(CO[P@](=O)(N[C@@H](C)C(=O)O[C@@H]2CCN(C)C2)Oc2ccccc2)[C@H]1OC(=O)C(C)C. The van der Waals surface area contributed by atoms with Crippen LogP contribution in [0.1, 0.15) is 52.8 Å². The van der Waals surface area contributed by atoms with Gasteiger partial charge in [0.1, 0.15) is 48.5 Å². The summed E-state index contributed by atoms with van der Waals surface area (Å²) in [5.41, 5.74) is 4.50. The van der Waals surface area contributed by atoms with Crippen LogP contribution in [0.2, 0.25) is 0 Å². The van der Waals surface area contributed by atoms with E-state index in [1.165, 1.54) is 29.9 Å². The zero-order chi connectivity index (χ0) is 37.8. The fourth-order valence-electron chi connectivity index (χ4n) is 5.70. The van der Waals surface area contributed by atoms with Gasteiger partial charge in [-0.3, -0.25) is 18.9 Å². The molecule has 0 spiro atoms. The highest BCUT2D eigenvalue weighted by molar-refractivity contribution is 7.52. The van der Waals surface area contributed by atoms with Gasteiger partial charge >= 0.3 is 25.7 Å². The summed E-state index contributed by atoms with van der Waals surface area (Å²) in [7, 11) is -2.66. The molecule has 0 unspecified atom stereocenters. The van der Waals surface area contributed by atoms with Crippen LogP contribution in [-0.2, 0) is 42.4 Å². The number of esters is 3. The Kier molecular flexibility index (Phi) is 11.9. The van der Waals surface area contributed by atoms with Crippen molar-refractivity contribution in [1.29, 1.82) is 5.26 Å². The maximum atomic E-state index is 14.5. The summed E-state index contributed by atoms with van der Waals surface area (Å²) in [6.07, 6.45) is -2.81. The average Bonchev–Trinajstić information content (AvgIpc) is 3.80. The number of likely N-dealkylation sites (tertiary alicyclic amines) is 1. The Morgan fingerprint density at radius 1 is 1.06 bits per heavy atom. The van der Waals surface area contributed by atoms with Gasteiger partial charge in [0, 0.05) is 13.1 Å². The van der Waals surface area contributed by atoms with E-state index in [-0.39, 0.29) is 23.4 Å². The third-order valence-corrected chi connectivity index (χ3v) is 10.2. The molecule has 17 nitrogen and oxygen atoms in total. The smallest absolute Gasteiger partial charge is 0.459 e. The Morgan fingerprint density at radius 2 is 1.75 bits per heavy atom. The Hall–Kier alpha value is -4.59. The lowest BCUT2D eigenvalue weighted by atomic mass is 9.95. The number of carbonyl (C=O) groups excluding carboxylic acids is 3. The minimum atomic E-state index is -4.57. The number of aromatic nitrogens is 3. The van der Waals surface area contributed by atoms with E-state index >= 15 is 0 Å². The summed E-state index contributed by atoms with van der Waals surface area (Å²) >= 11 is 0. The van der Waals surface area contributed by atoms with Gasteiger partial charge in [-0.25, -0.2) is 14.1 Å². The number of para-hydroxylation sites is 1. The van der Waals surface area contributed by atoms with Crippen LogP contribution >= 0.6 is 7.75 Å². The first-order chi connectivity index (χ1) is 24.6. The van der Waals surface area contributed by atoms with Crippen LogP contribution in [0.3, 0.4) is 0 Å². The van der Waals surface area contributed by atoms with Gasteiger partial charge in [-0.2, -0.15) is 15.4 Å². The van der Waals surface area contributed by atoms with Crippen molar-refractivity contribution in [2.24, 2.45) is 11.8 Å². The highest BCUT2D eigenvalue weighted by Crippen LogP contribution is 2.50. The molecule has 7 atom stereocenters. The van der Waals surface area contributed by atoms with E-state index in [1.54, 1.807) is 58.0 Å². The number of rotatable bonds is 14. The van der Waals surface area contributed by atoms with Gasteiger partial charge in [-0.15, -0.1) is 0 Å². The molecule has 0 radical (unpaired) electrons. The number of nitriles is 1. The van der Waals surface area contributed by atoms with Gasteiger partial charge < -0.3 is 34.1 Å². The number of fused-ring (bicyclic) bond motifs is 1. The quantitative estimate of drug-likeness (QED) is 0.138. The van der Waals surface area contributed by atoms with Crippen molar-refractivity contribution < 1.29 is 46.9 Å². The molecule has 2 fully saturated rings. The number of nitrogens with one attached hydrogen (secondary N) is 1. The van der Waals surface area contributed by atoms with Crippen LogP contribution < -0.4 is 15.3 Å². The lowest BCUT2D eigenvalue weighted by molar-refractivity contribution is -0.173. The minimum absolute atomic E-state index is 0.121. The first kappa shape index (κ1) is 38.6. The molecule has 0 amide bonds. The molecule has 1 aromatic carbocycles. The lowest BCUT2D eigenvalue weighted by Gasteiger charge is -2.31. The third-order valence-electron chi connectivity index (χ3n) is 8.58. The van der Waals surface area contributed by atoms with Crippen LogP contribution in [0.5, 0.6) is 5.75 Å². The van der Waals surface area contributed by atoms with Crippen molar-refractivity contribution >= 4 is 37.0 Å². The lowest BCUT2D eigenvalue weighted by Crippen LogP contribution is -2.50. The van der Waals surface area contributed by atoms with Gasteiger partial charge in [-0.1, -0.05) is 45.9 Å². The molecule has 0 aliphatic carbocycles. The highest BCUT2D eigenvalue weighted by atomic mass is 31.2. The first-order valence-corrected chi connectivity index (χ1v) is 18.4. The Balaban J connectivity index is 1.52. The van der Waals surface area contributed by atoms with Crippen LogP contribution in [0.15, 0.2) is 48.8 Å². The van der Waals surface area contributed by atoms with E-state index in [1.807, 2.05) is 18.0 Å². The second kappa shape index (κ2) is 16.0. The summed E-state index contributed by atoms with van der Waals surface area (Å²) in [6, 6.07) is 12.1. The summed E-state index contributed by atoms with van der Waals surface area (Å²) in [4.78, 5) is 45.5. The summed E-state index contributed by atoms with van der Waals surface area (Å²) in [5.74, 6) is -3.12. The van der Waals surface area contributed by atoms with E-state index in [9.17, 15) is 24.2 Å². The molecule has 3 N–H and O–H groups in total. The zero-order valence-corrected chi connectivity index (χ0v) is 30.7. The Labute approximate surface area is 301 Å². The molecule has 2 saturated heterocycles. The topological polar surface area (TPSA) is 219 Å². The molecule has 2 aliphatic rings. The number of likely N-dealkylation sites (N-methyl/N-ethyl adjacent to an activating group) is 1. The number of hydrogen-bond donors (Lipinski definition) is 2. The molecule has 2 aliphatic heterocycles. The van der Waals surface area contributed by atoms with Gasteiger partial charge in [0.25, 0.3) is 0 Å². The molecular weight excluding hydrogens is 697 g/mol. The first-order valence-electron chi connectivity index (χ1n) is 16.9. The van der Waals surface area contributed by atoms with Crippen molar-refractivity contribution in [2.45, 2.75) is 77.1 Å². The van der Waals surface area contributed by atoms with Crippen LogP contribution in [0.25, 0.3) is 5.52 Å². The summed E-state index contributed by atoms with van der Waals surface area (Å²) in [6.45, 7) is 8.30. The van der Waals surface area contributed by atoms with Crippen LogP contribution in [0.4, 0.5) is 5.82 Å². The van der Waals surface area contributed by atoms with Crippen LogP contribution in [-0.4, -0.2) is 94.1 Å². The second-order valence-electron chi connectivity index (χ2n) is 13.4. The van der Waals surface area contributed by atoms with Crippen molar-refractivity contribution in [3.8, 4) is 11.8 Å². The number of ether oxygens (including phenoxy) is 4. The van der Waals surface area contributed by atoms with Crippen LogP contribution in [0, 0.1) is 23.2 Å². The molecular formula is C34H44N7O10P. The fourth-order valence-corrected chi connectivity index (χ4v) is 7.22. The van der Waals surface area contributed by atoms with Crippen molar-refractivity contribution in [1.82, 2.24) is 24.6 Å². The number of hydrogen-bond acceptors (Lipinski definition) is 15. The number of benzene rings is 1. The average molecular weight is 742 g/mol. The Bertz CT molecular complexity index is 1850. The Morgan fingerprint density at radius 3 is 2.38 bits per heavy atom. The van der Waals surface area contributed by atoms with Crippen molar-refractivity contribution in [3.63, 3.8) is 0 Å². The molecule has 0 saturated carbocycles. The molecule has 2 aromatic heterocycles. The van der Waals surface area contributed by atoms with E-state index in [0.29, 0.717) is 18.5 Å². The predicted octanol–water partition coefficient (Wildman–Crippen LogP) is 3.21. The molecule has 18 heteroatoms. The molecule has 5 rings (SSSR count). The fraction of sp³-hybridized carbons (Fsp3) is 0.529. The van der Waals surface area contributed by atoms with Crippen molar-refractivity contribution in [2.75, 3.05) is 32.5 Å².